The van der Waals surface area contributed by atoms with Crippen LogP contribution in [0.15, 0.2) is 6.20 Å². The van der Waals surface area contributed by atoms with Gasteiger partial charge in [0.2, 0.25) is 0 Å². The Morgan fingerprint density at radius 1 is 1.62 bits per heavy atom. The SMILES string of the molecule is CC(C)(C)n1ncc([N+](=O)[O-])c1I. The Bertz CT molecular complexity index is 340. The molecule has 1 aromatic heterocycles. The van der Waals surface area contributed by atoms with Gasteiger partial charge in [0, 0.05) is 0 Å². The molecule has 0 saturated heterocycles. The average Bonchev–Trinajstić information content (AvgIpc) is 2.28. The molecule has 0 unspecified atom stereocenters. The van der Waals surface area contributed by atoms with Gasteiger partial charge in [-0.2, -0.15) is 5.10 Å². The molecule has 1 heterocycles. The van der Waals surface area contributed by atoms with Crippen LogP contribution in [-0.4, -0.2) is 14.7 Å². The Morgan fingerprint density at radius 2 is 2.15 bits per heavy atom. The standard InChI is InChI=1S/C7H10IN3O2/c1-7(2,3)10-6(8)5(4-9-10)11(12)13/h4H,1-3H3. The summed E-state index contributed by atoms with van der Waals surface area (Å²) in [5.41, 5.74) is -0.152. The number of hydrogen-bond donors (Lipinski definition) is 0. The van der Waals surface area contributed by atoms with E-state index >= 15 is 0 Å². The van der Waals surface area contributed by atoms with Crippen LogP contribution < -0.4 is 0 Å². The minimum absolute atomic E-state index is 0.0653. The lowest BCUT2D eigenvalue weighted by Gasteiger charge is -2.19. The first kappa shape index (κ1) is 10.4. The van der Waals surface area contributed by atoms with Gasteiger partial charge in [0.1, 0.15) is 6.20 Å². The number of halogens is 1. The number of rotatable bonds is 1. The van der Waals surface area contributed by atoms with E-state index in [1.165, 1.54) is 6.20 Å². The summed E-state index contributed by atoms with van der Waals surface area (Å²) in [5.74, 6) is 0. The number of nitro groups is 1. The first-order valence-corrected chi connectivity index (χ1v) is 4.80. The molecule has 0 aliphatic rings. The Kier molecular flexibility index (Phi) is 2.60. The maximum absolute atomic E-state index is 10.5. The molecule has 0 spiro atoms. The molecule has 0 bridgehead atoms. The molecule has 13 heavy (non-hydrogen) atoms. The summed E-state index contributed by atoms with van der Waals surface area (Å²) in [6, 6.07) is 0. The lowest BCUT2D eigenvalue weighted by Crippen LogP contribution is -2.24. The number of hydrogen-bond acceptors (Lipinski definition) is 3. The van der Waals surface area contributed by atoms with Crippen LogP contribution in [0.2, 0.25) is 0 Å². The van der Waals surface area contributed by atoms with Gasteiger partial charge in [-0.15, -0.1) is 0 Å². The van der Waals surface area contributed by atoms with E-state index in [4.69, 9.17) is 0 Å². The zero-order chi connectivity index (χ0) is 10.2. The van der Waals surface area contributed by atoms with Gasteiger partial charge in [0.25, 0.3) is 0 Å². The Morgan fingerprint density at radius 3 is 2.38 bits per heavy atom. The lowest BCUT2D eigenvalue weighted by atomic mass is 10.1. The molecule has 0 aliphatic carbocycles. The number of aromatic nitrogens is 2. The lowest BCUT2D eigenvalue weighted by molar-refractivity contribution is -0.386. The summed E-state index contributed by atoms with van der Waals surface area (Å²) in [6.07, 6.45) is 1.28. The topological polar surface area (TPSA) is 61.0 Å². The third-order valence-corrected chi connectivity index (χ3v) is 2.53. The molecule has 0 aliphatic heterocycles. The van der Waals surface area contributed by atoms with E-state index in [1.807, 2.05) is 43.4 Å². The second-order valence-corrected chi connectivity index (χ2v) is 4.68. The summed E-state index contributed by atoms with van der Waals surface area (Å²) in [7, 11) is 0. The van der Waals surface area contributed by atoms with Crippen LogP contribution in [0.4, 0.5) is 5.69 Å². The van der Waals surface area contributed by atoms with E-state index in [9.17, 15) is 10.1 Å². The van der Waals surface area contributed by atoms with Gasteiger partial charge >= 0.3 is 5.69 Å². The minimum Gasteiger partial charge on any atom is -0.258 e. The Balaban J connectivity index is 3.22. The van der Waals surface area contributed by atoms with Crippen LogP contribution in [0.1, 0.15) is 20.8 Å². The predicted octanol–water partition coefficient (Wildman–Crippen LogP) is 2.15. The third-order valence-electron chi connectivity index (χ3n) is 1.52. The summed E-state index contributed by atoms with van der Waals surface area (Å²) >= 11 is 1.94. The van der Waals surface area contributed by atoms with Gasteiger partial charge in [0.05, 0.1) is 10.5 Å². The van der Waals surface area contributed by atoms with Crippen molar-refractivity contribution in [1.29, 1.82) is 0 Å². The van der Waals surface area contributed by atoms with Crippen LogP contribution in [0.5, 0.6) is 0 Å². The third kappa shape index (κ3) is 1.98. The maximum atomic E-state index is 10.5. The highest BCUT2D eigenvalue weighted by molar-refractivity contribution is 14.1. The summed E-state index contributed by atoms with van der Waals surface area (Å²) in [5, 5.41) is 14.5. The average molecular weight is 295 g/mol. The van der Waals surface area contributed by atoms with E-state index in [2.05, 4.69) is 5.10 Å². The molecule has 0 N–H and O–H groups in total. The zero-order valence-electron chi connectivity index (χ0n) is 7.61. The van der Waals surface area contributed by atoms with Crippen LogP contribution in [0.25, 0.3) is 0 Å². The molecule has 0 saturated carbocycles. The van der Waals surface area contributed by atoms with E-state index in [0.717, 1.165) is 0 Å². The maximum Gasteiger partial charge on any atom is 0.320 e. The highest BCUT2D eigenvalue weighted by Gasteiger charge is 2.24. The second kappa shape index (κ2) is 3.24. The van der Waals surface area contributed by atoms with E-state index in [-0.39, 0.29) is 11.2 Å². The van der Waals surface area contributed by atoms with E-state index in [1.54, 1.807) is 4.68 Å². The molecule has 6 heteroatoms. The summed E-state index contributed by atoms with van der Waals surface area (Å²) in [4.78, 5) is 10.1. The van der Waals surface area contributed by atoms with Gasteiger partial charge in [-0.3, -0.25) is 10.1 Å². The van der Waals surface area contributed by atoms with Crippen LogP contribution in [-0.2, 0) is 5.54 Å². The van der Waals surface area contributed by atoms with Crippen molar-refractivity contribution in [2.45, 2.75) is 26.3 Å². The molecule has 0 fully saturated rings. The van der Waals surface area contributed by atoms with Gasteiger partial charge in [-0.05, 0) is 43.4 Å². The molecule has 72 valence electrons. The highest BCUT2D eigenvalue weighted by Crippen LogP contribution is 2.25. The highest BCUT2D eigenvalue weighted by atomic mass is 127. The monoisotopic (exact) mass is 295 g/mol. The van der Waals surface area contributed by atoms with Gasteiger partial charge < -0.3 is 0 Å². The van der Waals surface area contributed by atoms with Crippen molar-refractivity contribution < 1.29 is 4.92 Å². The fourth-order valence-corrected chi connectivity index (χ4v) is 2.10. The molecular weight excluding hydrogens is 285 g/mol. The van der Waals surface area contributed by atoms with Gasteiger partial charge in [-0.1, -0.05) is 0 Å². The van der Waals surface area contributed by atoms with Crippen molar-refractivity contribution in [3.05, 3.63) is 20.0 Å². The first-order chi connectivity index (χ1) is 5.84. The van der Waals surface area contributed by atoms with Crippen molar-refractivity contribution >= 4 is 28.3 Å². The fraction of sp³-hybridized carbons (Fsp3) is 0.571. The molecule has 1 aromatic rings. The molecule has 1 rings (SSSR count). The minimum atomic E-state index is -0.420. The molecule has 0 atom stereocenters. The smallest absolute Gasteiger partial charge is 0.258 e. The molecular formula is C7H10IN3O2. The zero-order valence-corrected chi connectivity index (χ0v) is 9.77. The largest absolute Gasteiger partial charge is 0.320 e. The van der Waals surface area contributed by atoms with Crippen molar-refractivity contribution in [3.8, 4) is 0 Å². The molecule has 0 amide bonds. The molecule has 0 radical (unpaired) electrons. The van der Waals surface area contributed by atoms with Crippen molar-refractivity contribution in [1.82, 2.24) is 9.78 Å². The van der Waals surface area contributed by atoms with Crippen molar-refractivity contribution in [3.63, 3.8) is 0 Å². The first-order valence-electron chi connectivity index (χ1n) is 3.72. The predicted molar refractivity (Wildman–Crippen MR) is 56.6 cm³/mol. The van der Waals surface area contributed by atoms with Crippen LogP contribution >= 0.6 is 22.6 Å². The number of nitrogens with zero attached hydrogens (tertiary/aromatic N) is 3. The summed E-state index contributed by atoms with van der Waals surface area (Å²) in [6.45, 7) is 5.85. The quantitative estimate of drug-likeness (QED) is 0.453. The molecule has 5 nitrogen and oxygen atoms in total. The van der Waals surface area contributed by atoms with Gasteiger partial charge in [-0.25, -0.2) is 4.68 Å². The van der Waals surface area contributed by atoms with Crippen LogP contribution in [0, 0.1) is 13.8 Å². The van der Waals surface area contributed by atoms with Crippen molar-refractivity contribution in [2.24, 2.45) is 0 Å². The summed E-state index contributed by atoms with van der Waals surface area (Å²) < 4.78 is 2.21. The Hall–Kier alpha value is -0.660. The second-order valence-electron chi connectivity index (χ2n) is 3.66. The Labute approximate surface area is 89.4 Å². The van der Waals surface area contributed by atoms with E-state index < -0.39 is 4.92 Å². The van der Waals surface area contributed by atoms with E-state index in [0.29, 0.717) is 3.70 Å². The van der Waals surface area contributed by atoms with Crippen molar-refractivity contribution in [2.75, 3.05) is 0 Å². The van der Waals surface area contributed by atoms with Crippen LogP contribution in [0.3, 0.4) is 0 Å². The van der Waals surface area contributed by atoms with Gasteiger partial charge in [0.15, 0.2) is 3.70 Å². The molecule has 0 aromatic carbocycles. The normalized spacial score (nSPS) is 11.7. The fourth-order valence-electron chi connectivity index (χ4n) is 0.915.